The van der Waals surface area contributed by atoms with Gasteiger partial charge >= 0.3 is 0 Å². The number of hydrogen-bond acceptors (Lipinski definition) is 3. The smallest absolute Gasteiger partial charge is 0.234 e. The molecule has 0 bridgehead atoms. The number of benzene rings is 2. The van der Waals surface area contributed by atoms with Crippen molar-refractivity contribution in [3.05, 3.63) is 52.3 Å². The van der Waals surface area contributed by atoms with Crippen molar-refractivity contribution in [2.24, 2.45) is 0 Å². The van der Waals surface area contributed by atoms with Crippen LogP contribution in [0.4, 0.5) is 15.8 Å². The Bertz CT molecular complexity index is 642. The van der Waals surface area contributed by atoms with Crippen LogP contribution in [0.3, 0.4) is 0 Å². The molecule has 0 unspecified atom stereocenters. The molecule has 0 saturated carbocycles. The van der Waals surface area contributed by atoms with Gasteiger partial charge in [0, 0.05) is 10.6 Å². The summed E-state index contributed by atoms with van der Waals surface area (Å²) in [5, 5.41) is 3.34. The number of rotatable bonds is 4. The van der Waals surface area contributed by atoms with Gasteiger partial charge in [0.25, 0.3) is 0 Å². The fourth-order valence-corrected chi connectivity index (χ4v) is 2.89. The Morgan fingerprint density at radius 1 is 1.24 bits per heavy atom. The third-order valence-electron chi connectivity index (χ3n) is 2.49. The zero-order valence-corrected chi connectivity index (χ0v) is 13.0. The SMILES string of the molecule is Nc1cc(F)cc(SCC(=O)Nc2c(Cl)cccc2Cl)c1. The maximum Gasteiger partial charge on any atom is 0.234 e. The second kappa shape index (κ2) is 7.02. The van der Waals surface area contributed by atoms with Crippen LogP contribution in [0.15, 0.2) is 41.3 Å². The molecule has 2 rings (SSSR count). The van der Waals surface area contributed by atoms with Gasteiger partial charge in [-0.15, -0.1) is 11.8 Å². The Balaban J connectivity index is 1.99. The molecule has 0 fully saturated rings. The van der Waals surface area contributed by atoms with E-state index in [1.165, 1.54) is 23.9 Å². The van der Waals surface area contributed by atoms with Crippen LogP contribution in [-0.2, 0) is 4.79 Å². The number of nitrogen functional groups attached to an aromatic ring is 1. The summed E-state index contributed by atoms with van der Waals surface area (Å²) >= 11 is 13.1. The lowest BCUT2D eigenvalue weighted by Crippen LogP contribution is -2.14. The zero-order chi connectivity index (χ0) is 15.4. The molecule has 0 heterocycles. The fraction of sp³-hybridized carbons (Fsp3) is 0.0714. The van der Waals surface area contributed by atoms with Gasteiger partial charge in [-0.05, 0) is 30.3 Å². The van der Waals surface area contributed by atoms with Crippen molar-refractivity contribution < 1.29 is 9.18 Å². The van der Waals surface area contributed by atoms with Crippen LogP contribution in [0.25, 0.3) is 0 Å². The molecule has 0 aliphatic carbocycles. The molecule has 0 aliphatic rings. The Morgan fingerprint density at radius 2 is 1.90 bits per heavy atom. The first-order valence-electron chi connectivity index (χ1n) is 5.88. The Hall–Kier alpha value is -1.43. The first-order valence-corrected chi connectivity index (χ1v) is 7.62. The van der Waals surface area contributed by atoms with Crippen LogP contribution in [0.2, 0.25) is 10.0 Å². The van der Waals surface area contributed by atoms with Crippen molar-refractivity contribution in [2.45, 2.75) is 4.90 Å². The first kappa shape index (κ1) is 15.9. The Labute approximate surface area is 135 Å². The minimum atomic E-state index is -0.438. The third-order valence-corrected chi connectivity index (χ3v) is 4.10. The molecule has 0 saturated heterocycles. The minimum absolute atomic E-state index is 0.0877. The van der Waals surface area contributed by atoms with Gasteiger partial charge in [-0.25, -0.2) is 4.39 Å². The maximum absolute atomic E-state index is 13.2. The molecule has 0 aliphatic heterocycles. The number of carbonyl (C=O) groups excluding carboxylic acids is 1. The molecule has 0 radical (unpaired) electrons. The standard InChI is InChI=1S/C14H11Cl2FN2OS/c15-11-2-1-3-12(16)14(11)19-13(20)7-21-10-5-8(17)4-9(18)6-10/h1-6H,7,18H2,(H,19,20). The number of nitrogens with two attached hydrogens (primary N) is 1. The number of amides is 1. The van der Waals surface area contributed by atoms with Crippen LogP contribution in [0.1, 0.15) is 0 Å². The van der Waals surface area contributed by atoms with E-state index < -0.39 is 5.82 Å². The van der Waals surface area contributed by atoms with E-state index in [9.17, 15) is 9.18 Å². The predicted octanol–water partition coefficient (Wildman–Crippen LogP) is 4.45. The average molecular weight is 345 g/mol. The van der Waals surface area contributed by atoms with Gasteiger partial charge in [0.1, 0.15) is 5.82 Å². The summed E-state index contributed by atoms with van der Waals surface area (Å²) in [6.45, 7) is 0. The zero-order valence-electron chi connectivity index (χ0n) is 10.7. The van der Waals surface area contributed by atoms with E-state index in [0.29, 0.717) is 26.3 Å². The van der Waals surface area contributed by atoms with Crippen LogP contribution < -0.4 is 11.1 Å². The monoisotopic (exact) mass is 344 g/mol. The molecule has 1 amide bonds. The Kier molecular flexibility index (Phi) is 5.33. The normalized spacial score (nSPS) is 10.4. The van der Waals surface area contributed by atoms with E-state index in [0.717, 1.165) is 0 Å². The molecular weight excluding hydrogens is 334 g/mol. The highest BCUT2D eigenvalue weighted by Crippen LogP contribution is 2.30. The predicted molar refractivity (Wildman–Crippen MR) is 86.6 cm³/mol. The molecule has 0 atom stereocenters. The van der Waals surface area contributed by atoms with Gasteiger partial charge in [-0.1, -0.05) is 29.3 Å². The summed E-state index contributed by atoms with van der Waals surface area (Å²) < 4.78 is 13.2. The molecule has 21 heavy (non-hydrogen) atoms. The Morgan fingerprint density at radius 3 is 2.52 bits per heavy atom. The number of nitrogens with one attached hydrogen (secondary N) is 1. The van der Waals surface area contributed by atoms with Crippen molar-refractivity contribution >= 4 is 52.2 Å². The third kappa shape index (κ3) is 4.52. The van der Waals surface area contributed by atoms with E-state index >= 15 is 0 Å². The second-order valence-corrected chi connectivity index (χ2v) is 6.02. The summed E-state index contributed by atoms with van der Waals surface area (Å²) in [7, 11) is 0. The van der Waals surface area contributed by atoms with E-state index in [4.69, 9.17) is 28.9 Å². The number of halogens is 3. The summed E-state index contributed by atoms with van der Waals surface area (Å²) in [4.78, 5) is 12.5. The highest BCUT2D eigenvalue weighted by molar-refractivity contribution is 8.00. The fourth-order valence-electron chi connectivity index (χ4n) is 1.61. The van der Waals surface area contributed by atoms with Gasteiger partial charge in [0.05, 0.1) is 21.5 Å². The van der Waals surface area contributed by atoms with Crippen molar-refractivity contribution in [2.75, 3.05) is 16.8 Å². The number of carbonyl (C=O) groups is 1. The van der Waals surface area contributed by atoms with Gasteiger partial charge in [-0.2, -0.15) is 0 Å². The summed E-state index contributed by atoms with van der Waals surface area (Å²) in [6, 6.07) is 9.07. The van der Waals surface area contributed by atoms with Crippen molar-refractivity contribution in [1.82, 2.24) is 0 Å². The van der Waals surface area contributed by atoms with Gasteiger partial charge < -0.3 is 11.1 Å². The van der Waals surface area contributed by atoms with Crippen LogP contribution >= 0.6 is 35.0 Å². The van der Waals surface area contributed by atoms with E-state index in [2.05, 4.69) is 5.32 Å². The van der Waals surface area contributed by atoms with E-state index in [1.807, 2.05) is 0 Å². The minimum Gasteiger partial charge on any atom is -0.399 e. The van der Waals surface area contributed by atoms with Gasteiger partial charge in [0.2, 0.25) is 5.91 Å². The van der Waals surface area contributed by atoms with Crippen molar-refractivity contribution in [3.8, 4) is 0 Å². The number of hydrogen-bond donors (Lipinski definition) is 2. The lowest BCUT2D eigenvalue weighted by Gasteiger charge is -2.09. The average Bonchev–Trinajstić information content (AvgIpc) is 2.40. The van der Waals surface area contributed by atoms with Crippen molar-refractivity contribution in [3.63, 3.8) is 0 Å². The number of anilines is 2. The van der Waals surface area contributed by atoms with Crippen LogP contribution in [-0.4, -0.2) is 11.7 Å². The van der Waals surface area contributed by atoms with Gasteiger partial charge in [0.15, 0.2) is 0 Å². The largest absolute Gasteiger partial charge is 0.399 e. The van der Waals surface area contributed by atoms with Crippen LogP contribution in [0.5, 0.6) is 0 Å². The van der Waals surface area contributed by atoms with Crippen molar-refractivity contribution in [1.29, 1.82) is 0 Å². The molecule has 0 spiro atoms. The van der Waals surface area contributed by atoms with Crippen LogP contribution in [0, 0.1) is 5.82 Å². The highest BCUT2D eigenvalue weighted by Gasteiger charge is 2.10. The quantitative estimate of drug-likeness (QED) is 0.636. The summed E-state index contributed by atoms with van der Waals surface area (Å²) in [5.74, 6) is -0.644. The molecule has 0 aromatic heterocycles. The van der Waals surface area contributed by atoms with E-state index in [1.54, 1.807) is 24.3 Å². The summed E-state index contributed by atoms with van der Waals surface area (Å²) in [6.07, 6.45) is 0. The molecule has 2 aromatic rings. The molecule has 2 aromatic carbocycles. The topological polar surface area (TPSA) is 55.1 Å². The van der Waals surface area contributed by atoms with E-state index in [-0.39, 0.29) is 11.7 Å². The van der Waals surface area contributed by atoms with Gasteiger partial charge in [-0.3, -0.25) is 4.79 Å². The highest BCUT2D eigenvalue weighted by atomic mass is 35.5. The lowest BCUT2D eigenvalue weighted by atomic mass is 10.3. The number of thioether (sulfide) groups is 1. The number of para-hydroxylation sites is 1. The maximum atomic E-state index is 13.2. The lowest BCUT2D eigenvalue weighted by molar-refractivity contribution is -0.113. The molecule has 7 heteroatoms. The molecular formula is C14H11Cl2FN2OS. The molecule has 3 N–H and O–H groups in total. The summed E-state index contributed by atoms with van der Waals surface area (Å²) in [5.41, 5.74) is 6.22. The first-order chi connectivity index (χ1) is 9.95. The molecule has 3 nitrogen and oxygen atoms in total. The second-order valence-electron chi connectivity index (χ2n) is 4.15. The molecule has 110 valence electrons.